The normalized spacial score (nSPS) is 12.2. The number of hydrogen-bond acceptors (Lipinski definition) is 5. The van der Waals surface area contributed by atoms with Gasteiger partial charge in [-0.2, -0.15) is 18.3 Å². The molecule has 1 aromatic heterocycles. The van der Waals surface area contributed by atoms with Crippen LogP contribution in [0.5, 0.6) is 11.6 Å². The molecule has 0 aliphatic heterocycles. The summed E-state index contributed by atoms with van der Waals surface area (Å²) in [4.78, 5) is 12.4. The van der Waals surface area contributed by atoms with Crippen molar-refractivity contribution < 1.29 is 28.2 Å². The molecule has 0 bridgehead atoms. The zero-order valence-corrected chi connectivity index (χ0v) is 19.8. The van der Waals surface area contributed by atoms with E-state index in [4.69, 9.17) is 0 Å². The van der Waals surface area contributed by atoms with Gasteiger partial charge in [0, 0.05) is 16.6 Å². The summed E-state index contributed by atoms with van der Waals surface area (Å²) >= 11 is 0. The minimum absolute atomic E-state index is 0.0396. The fourth-order valence-electron chi connectivity index (χ4n) is 4.18. The van der Waals surface area contributed by atoms with Crippen molar-refractivity contribution >= 4 is 22.4 Å². The van der Waals surface area contributed by atoms with Gasteiger partial charge >= 0.3 is 6.18 Å². The van der Waals surface area contributed by atoms with Crippen LogP contribution in [0.2, 0.25) is 0 Å². The minimum Gasteiger partial charge on any atom is -0.508 e. The Morgan fingerprint density at radius 3 is 2.22 bits per heavy atom. The Labute approximate surface area is 205 Å². The Balaban J connectivity index is 1.77. The molecule has 4 aromatic rings. The van der Waals surface area contributed by atoms with Crippen molar-refractivity contribution in [3.05, 3.63) is 88.5 Å². The van der Waals surface area contributed by atoms with E-state index in [0.29, 0.717) is 22.3 Å². The number of phenolic OH excluding ortho intramolecular Hbond substituents is 1. The van der Waals surface area contributed by atoms with Crippen LogP contribution in [-0.2, 0) is 6.18 Å². The number of aryl methyl sites for hydroxylation is 2. The number of carbonyl (C=O) groups is 1. The molecule has 0 saturated heterocycles. The standard InChI is InChI=1S/C27H24F3N3O3/c1-15-10-16(2)12-20(11-15)33-23-13-19(27(28,29)30)6-9-22(23)25(26(33)36)17(3)32-31-14-24(35)18-4-7-21(34)8-5-18/h4-13,31,34,36H,14H2,1-3H3/b32-17+. The SMILES string of the molecule is C/C(=N\NCC(=O)c1ccc(O)cc1)c1c(O)n(-c2cc(C)cc(C)c2)c2cc(C(F)(F)F)ccc12. The van der Waals surface area contributed by atoms with Crippen LogP contribution >= 0.6 is 0 Å². The number of alkyl halides is 3. The van der Waals surface area contributed by atoms with Gasteiger partial charge in [0.25, 0.3) is 0 Å². The highest BCUT2D eigenvalue weighted by atomic mass is 19.4. The van der Waals surface area contributed by atoms with Gasteiger partial charge < -0.3 is 15.6 Å². The number of hydrazone groups is 1. The molecule has 3 aromatic carbocycles. The molecular formula is C27H24F3N3O3. The largest absolute Gasteiger partial charge is 0.508 e. The summed E-state index contributed by atoms with van der Waals surface area (Å²) in [5.74, 6) is -0.497. The molecule has 0 spiro atoms. The molecule has 0 unspecified atom stereocenters. The van der Waals surface area contributed by atoms with Gasteiger partial charge in [-0.05, 0) is 80.4 Å². The first-order valence-corrected chi connectivity index (χ1v) is 11.1. The van der Waals surface area contributed by atoms with Gasteiger partial charge in [-0.3, -0.25) is 9.36 Å². The van der Waals surface area contributed by atoms with E-state index >= 15 is 0 Å². The molecule has 6 nitrogen and oxygen atoms in total. The molecule has 186 valence electrons. The predicted octanol–water partition coefficient (Wildman–Crippen LogP) is 5.87. The molecule has 4 rings (SSSR count). The summed E-state index contributed by atoms with van der Waals surface area (Å²) < 4.78 is 41.9. The molecule has 0 saturated carbocycles. The van der Waals surface area contributed by atoms with Crippen LogP contribution in [0.15, 0.2) is 65.8 Å². The van der Waals surface area contributed by atoms with Crippen molar-refractivity contribution in [2.75, 3.05) is 6.54 Å². The first-order valence-electron chi connectivity index (χ1n) is 11.1. The lowest BCUT2D eigenvalue weighted by atomic mass is 10.1. The molecule has 0 fully saturated rings. The van der Waals surface area contributed by atoms with E-state index in [1.807, 2.05) is 19.9 Å². The van der Waals surface area contributed by atoms with Gasteiger partial charge in [0.15, 0.2) is 5.78 Å². The monoisotopic (exact) mass is 495 g/mol. The van der Waals surface area contributed by atoms with Crippen LogP contribution in [0.1, 0.15) is 39.5 Å². The number of nitrogens with zero attached hydrogens (tertiary/aromatic N) is 2. The number of aromatic nitrogens is 1. The number of nitrogens with one attached hydrogen (secondary N) is 1. The van der Waals surface area contributed by atoms with Crippen LogP contribution in [0.25, 0.3) is 16.6 Å². The minimum atomic E-state index is -4.55. The van der Waals surface area contributed by atoms with Gasteiger partial charge in [-0.15, -0.1) is 0 Å². The lowest BCUT2D eigenvalue weighted by Crippen LogP contribution is -2.19. The third kappa shape index (κ3) is 4.91. The van der Waals surface area contributed by atoms with Crippen LogP contribution in [-0.4, -0.2) is 32.8 Å². The third-order valence-corrected chi connectivity index (χ3v) is 5.77. The van der Waals surface area contributed by atoms with Gasteiger partial charge in [0.1, 0.15) is 5.75 Å². The second-order valence-electron chi connectivity index (χ2n) is 8.61. The Kier molecular flexibility index (Phi) is 6.49. The molecule has 36 heavy (non-hydrogen) atoms. The molecule has 9 heteroatoms. The maximum atomic E-state index is 13.5. The van der Waals surface area contributed by atoms with Gasteiger partial charge in [0.2, 0.25) is 5.88 Å². The lowest BCUT2D eigenvalue weighted by molar-refractivity contribution is -0.137. The number of hydrogen-bond donors (Lipinski definition) is 3. The van der Waals surface area contributed by atoms with E-state index in [1.165, 1.54) is 34.9 Å². The molecule has 0 aliphatic rings. The summed E-state index contributed by atoms with van der Waals surface area (Å²) in [6.45, 7) is 5.17. The maximum Gasteiger partial charge on any atom is 0.416 e. The van der Waals surface area contributed by atoms with Gasteiger partial charge in [0.05, 0.1) is 28.9 Å². The predicted molar refractivity (Wildman–Crippen MR) is 132 cm³/mol. The summed E-state index contributed by atoms with van der Waals surface area (Å²) in [5, 5.41) is 25.2. The summed E-state index contributed by atoms with van der Waals surface area (Å²) in [5.41, 5.74) is 5.22. The molecular weight excluding hydrogens is 471 g/mol. The number of rotatable bonds is 6. The van der Waals surface area contributed by atoms with Crippen LogP contribution < -0.4 is 5.43 Å². The van der Waals surface area contributed by atoms with Crippen molar-refractivity contribution in [2.45, 2.75) is 26.9 Å². The number of ketones is 1. The smallest absolute Gasteiger partial charge is 0.416 e. The summed E-state index contributed by atoms with van der Waals surface area (Å²) in [7, 11) is 0. The summed E-state index contributed by atoms with van der Waals surface area (Å²) in [6.07, 6.45) is -4.55. The molecule has 3 N–H and O–H groups in total. The molecule has 0 radical (unpaired) electrons. The highest BCUT2D eigenvalue weighted by molar-refractivity contribution is 6.12. The Bertz CT molecular complexity index is 1470. The molecule has 0 atom stereocenters. The zero-order chi connectivity index (χ0) is 26.2. The first-order chi connectivity index (χ1) is 17.0. The zero-order valence-electron chi connectivity index (χ0n) is 19.8. The van der Waals surface area contributed by atoms with Crippen LogP contribution in [0, 0.1) is 13.8 Å². The highest BCUT2D eigenvalue weighted by Gasteiger charge is 2.32. The fraction of sp³-hybridized carbons (Fsp3) is 0.185. The number of fused-ring (bicyclic) bond motifs is 1. The Morgan fingerprint density at radius 2 is 1.61 bits per heavy atom. The Morgan fingerprint density at radius 1 is 0.972 bits per heavy atom. The Hall–Kier alpha value is -4.27. The van der Waals surface area contributed by atoms with E-state index in [2.05, 4.69) is 10.5 Å². The number of aromatic hydroxyl groups is 2. The molecule has 1 heterocycles. The van der Waals surface area contributed by atoms with Crippen molar-refractivity contribution in [2.24, 2.45) is 5.10 Å². The first kappa shape index (κ1) is 24.8. The van der Waals surface area contributed by atoms with Gasteiger partial charge in [-0.25, -0.2) is 0 Å². The average Bonchev–Trinajstić information content (AvgIpc) is 3.09. The second-order valence-corrected chi connectivity index (χ2v) is 8.61. The third-order valence-electron chi connectivity index (χ3n) is 5.77. The van der Waals surface area contributed by atoms with Crippen LogP contribution in [0.4, 0.5) is 13.2 Å². The van der Waals surface area contributed by atoms with E-state index in [1.54, 1.807) is 19.1 Å². The van der Waals surface area contributed by atoms with E-state index < -0.39 is 11.7 Å². The van der Waals surface area contributed by atoms with Crippen molar-refractivity contribution in [3.8, 4) is 17.3 Å². The highest BCUT2D eigenvalue weighted by Crippen LogP contribution is 2.39. The maximum absolute atomic E-state index is 13.5. The molecule has 0 aliphatic carbocycles. The number of Topliss-reactive ketones (excluding diaryl/α,β-unsaturated/α-hetero) is 1. The van der Waals surface area contributed by atoms with E-state index in [-0.39, 0.29) is 35.0 Å². The number of carbonyl (C=O) groups excluding carboxylic acids is 1. The topological polar surface area (TPSA) is 86.8 Å². The molecule has 0 amide bonds. The number of halogens is 3. The fourth-order valence-corrected chi connectivity index (χ4v) is 4.18. The number of phenols is 1. The average molecular weight is 496 g/mol. The number of benzene rings is 3. The summed E-state index contributed by atoms with van der Waals surface area (Å²) in [6, 6.07) is 14.5. The van der Waals surface area contributed by atoms with Crippen molar-refractivity contribution in [1.82, 2.24) is 9.99 Å². The van der Waals surface area contributed by atoms with Crippen molar-refractivity contribution in [3.63, 3.8) is 0 Å². The van der Waals surface area contributed by atoms with E-state index in [9.17, 15) is 28.2 Å². The van der Waals surface area contributed by atoms with E-state index in [0.717, 1.165) is 23.3 Å². The quantitative estimate of drug-likeness (QED) is 0.177. The van der Waals surface area contributed by atoms with Crippen LogP contribution in [0.3, 0.4) is 0 Å². The van der Waals surface area contributed by atoms with Crippen molar-refractivity contribution in [1.29, 1.82) is 0 Å². The second kappa shape index (κ2) is 9.41. The lowest BCUT2D eigenvalue weighted by Gasteiger charge is -2.11. The van der Waals surface area contributed by atoms with Gasteiger partial charge in [-0.1, -0.05) is 12.1 Å².